The Morgan fingerprint density at radius 3 is 2.25 bits per heavy atom. The Balaban J connectivity index is 2.56. The third-order valence-electron chi connectivity index (χ3n) is 2.35. The predicted molar refractivity (Wildman–Crippen MR) is 48.6 cm³/mol. The molecule has 1 saturated heterocycles. The Morgan fingerprint density at radius 2 is 2.00 bits per heavy atom. The summed E-state index contributed by atoms with van der Waals surface area (Å²) in [4.78, 5) is 2.24. The molecule has 0 spiro atoms. The maximum absolute atomic E-state index is 5.38. The van der Waals surface area contributed by atoms with Crippen molar-refractivity contribution >= 4 is 4.67 Å². The summed E-state index contributed by atoms with van der Waals surface area (Å²) in [5.74, 6) is 0.656. The first-order valence-electron chi connectivity index (χ1n) is 4.54. The molecule has 75 valence electrons. The Morgan fingerprint density at radius 1 is 1.42 bits per heavy atom. The van der Waals surface area contributed by atoms with Crippen molar-refractivity contribution < 1.29 is 15.6 Å². The third-order valence-corrected chi connectivity index (χ3v) is 2.75. The maximum atomic E-state index is 5.38. The summed E-state index contributed by atoms with van der Waals surface area (Å²) in [5, 5.41) is 3.33. The van der Waals surface area contributed by atoms with Gasteiger partial charge in [0.1, 0.15) is 0 Å². The third kappa shape index (κ3) is 2.17. The van der Waals surface area contributed by atoms with Crippen LogP contribution < -0.4 is 5.32 Å². The minimum atomic E-state index is 0.517. The van der Waals surface area contributed by atoms with Crippen molar-refractivity contribution in [2.45, 2.75) is 39.8 Å². The Labute approximate surface area is 83.1 Å². The van der Waals surface area contributed by atoms with Crippen LogP contribution in [0.15, 0.2) is 0 Å². The molecule has 0 bridgehead atoms. The van der Waals surface area contributed by atoms with Gasteiger partial charge in [0.15, 0.2) is 0 Å². The zero-order valence-corrected chi connectivity index (χ0v) is 9.13. The van der Waals surface area contributed by atoms with Crippen LogP contribution in [0.25, 0.3) is 0 Å². The van der Waals surface area contributed by atoms with E-state index in [4.69, 9.17) is 15.6 Å². The molecule has 1 fully saturated rings. The SMILES string of the molecule is CC(C)C1CN(C(C)C)[C](=[Cu])N1. The molecule has 1 atom stereocenters. The summed E-state index contributed by atoms with van der Waals surface area (Å²) in [6, 6.07) is 1.05. The van der Waals surface area contributed by atoms with E-state index in [0.717, 1.165) is 11.2 Å². The first-order valence-corrected chi connectivity index (χ1v) is 5.01. The molecule has 0 aliphatic carbocycles. The molecule has 0 aromatic heterocycles. The fraction of sp³-hybridized carbons (Fsp3) is 0.889. The van der Waals surface area contributed by atoms with Crippen LogP contribution in [-0.4, -0.2) is 28.2 Å². The molecule has 1 aliphatic heterocycles. The normalized spacial score (nSPS) is 26.3. The van der Waals surface area contributed by atoms with Crippen molar-refractivity contribution in [1.29, 1.82) is 0 Å². The zero-order chi connectivity index (χ0) is 9.30. The van der Waals surface area contributed by atoms with Crippen molar-refractivity contribution in [2.75, 3.05) is 6.54 Å². The molecule has 1 N–H and O–H groups in total. The van der Waals surface area contributed by atoms with E-state index in [1.807, 2.05) is 0 Å². The van der Waals surface area contributed by atoms with Crippen LogP contribution in [0, 0.1) is 5.92 Å². The van der Waals surface area contributed by atoms with Crippen molar-refractivity contribution in [1.82, 2.24) is 10.2 Å². The average molecular weight is 218 g/mol. The van der Waals surface area contributed by atoms with E-state index in [0.29, 0.717) is 18.0 Å². The molecular formula is C9H18CuN2. The Bertz CT molecular complexity index is 177. The van der Waals surface area contributed by atoms with E-state index < -0.39 is 0 Å². The van der Waals surface area contributed by atoms with Crippen LogP contribution in [0.2, 0.25) is 0 Å². The topological polar surface area (TPSA) is 15.3 Å². The van der Waals surface area contributed by atoms with Gasteiger partial charge in [-0.05, 0) is 0 Å². The molecule has 1 rings (SSSR count). The molecule has 12 heavy (non-hydrogen) atoms. The molecule has 0 aromatic carbocycles. The second-order valence-corrected chi connectivity index (χ2v) is 4.44. The molecule has 1 aliphatic rings. The van der Waals surface area contributed by atoms with Gasteiger partial charge < -0.3 is 0 Å². The van der Waals surface area contributed by atoms with Gasteiger partial charge in [0.05, 0.1) is 0 Å². The molecule has 0 saturated carbocycles. The summed E-state index contributed by atoms with van der Waals surface area (Å²) < 4.78 is 0.899. The monoisotopic (exact) mass is 217 g/mol. The molecule has 1 heterocycles. The first kappa shape index (κ1) is 10.4. The second kappa shape index (κ2) is 4.01. The molecule has 2 nitrogen and oxygen atoms in total. The van der Waals surface area contributed by atoms with Gasteiger partial charge in [-0.3, -0.25) is 0 Å². The second-order valence-electron chi connectivity index (χ2n) is 4.00. The average Bonchev–Trinajstić information content (AvgIpc) is 2.30. The number of nitrogens with zero attached hydrogens (tertiary/aromatic N) is 1. The first-order chi connectivity index (χ1) is 5.52. The summed E-state index contributed by atoms with van der Waals surface area (Å²) in [6.07, 6.45) is 0. The van der Waals surface area contributed by atoms with Gasteiger partial charge in [-0.2, -0.15) is 0 Å². The van der Waals surface area contributed by atoms with Gasteiger partial charge in [0, 0.05) is 0 Å². The van der Waals surface area contributed by atoms with E-state index in [2.05, 4.69) is 37.9 Å². The molecule has 3 heteroatoms. The number of nitrogens with one attached hydrogen (secondary N) is 1. The molecule has 0 aromatic rings. The van der Waals surface area contributed by atoms with E-state index >= 15 is 0 Å². The van der Waals surface area contributed by atoms with Crippen LogP contribution in [0.1, 0.15) is 27.7 Å². The Hall–Kier alpha value is 0.309. The van der Waals surface area contributed by atoms with E-state index in [1.54, 1.807) is 0 Å². The van der Waals surface area contributed by atoms with Gasteiger partial charge >= 0.3 is 82.7 Å². The predicted octanol–water partition coefficient (Wildman–Crippen LogP) is 0.959. The minimum absolute atomic E-state index is 0.517. The van der Waals surface area contributed by atoms with Gasteiger partial charge in [0.2, 0.25) is 0 Å². The standard InChI is InChI=1S/C9H18N2.Cu/c1-7(2)9-5-11(6-10-9)8(3)4;/h7-10H,5H2,1-4H3;. The van der Waals surface area contributed by atoms with Gasteiger partial charge in [-0.15, -0.1) is 0 Å². The summed E-state index contributed by atoms with van der Waals surface area (Å²) >= 11 is 5.38. The molecular weight excluding hydrogens is 200 g/mol. The van der Waals surface area contributed by atoms with Gasteiger partial charge in [-0.25, -0.2) is 0 Å². The van der Waals surface area contributed by atoms with Crippen molar-refractivity contribution in [3.8, 4) is 0 Å². The van der Waals surface area contributed by atoms with Crippen LogP contribution in [-0.2, 0) is 15.6 Å². The molecule has 1 unspecified atom stereocenters. The number of hydrogen-bond acceptors (Lipinski definition) is 2. The van der Waals surface area contributed by atoms with Gasteiger partial charge in [-0.1, -0.05) is 0 Å². The van der Waals surface area contributed by atoms with Gasteiger partial charge in [0.25, 0.3) is 0 Å². The molecule has 0 radical (unpaired) electrons. The van der Waals surface area contributed by atoms with Crippen LogP contribution >= 0.6 is 0 Å². The molecule has 0 amide bonds. The fourth-order valence-corrected chi connectivity index (χ4v) is 1.85. The van der Waals surface area contributed by atoms with E-state index in [9.17, 15) is 0 Å². The van der Waals surface area contributed by atoms with E-state index in [-0.39, 0.29) is 0 Å². The fourth-order valence-electron chi connectivity index (χ4n) is 1.35. The number of rotatable bonds is 2. The van der Waals surface area contributed by atoms with Crippen LogP contribution in [0.3, 0.4) is 0 Å². The summed E-state index contributed by atoms with van der Waals surface area (Å²) in [7, 11) is 0. The quantitative estimate of drug-likeness (QED) is 0.694. The van der Waals surface area contributed by atoms with E-state index in [1.165, 1.54) is 0 Å². The Kier molecular flexibility index (Phi) is 3.47. The van der Waals surface area contributed by atoms with Crippen LogP contribution in [0.4, 0.5) is 0 Å². The van der Waals surface area contributed by atoms with Crippen molar-refractivity contribution in [3.05, 3.63) is 0 Å². The number of hydrogen-bond donors (Lipinski definition) is 1. The summed E-state index contributed by atoms with van der Waals surface area (Å²) in [6.45, 7) is 9.85. The summed E-state index contributed by atoms with van der Waals surface area (Å²) in [5.41, 5.74) is 0. The van der Waals surface area contributed by atoms with Crippen molar-refractivity contribution in [2.24, 2.45) is 5.92 Å². The zero-order valence-electron chi connectivity index (χ0n) is 8.19. The van der Waals surface area contributed by atoms with Crippen LogP contribution in [0.5, 0.6) is 0 Å². The van der Waals surface area contributed by atoms with Crippen molar-refractivity contribution in [3.63, 3.8) is 0 Å².